The van der Waals surface area contributed by atoms with Crippen LogP contribution in [0.25, 0.3) is 11.5 Å². The number of fused-ring (bicyclic) bond motifs is 1. The molecule has 138 valence electrons. The number of rotatable bonds is 5. The number of anilines is 1. The molecule has 1 aliphatic heterocycles. The molecule has 0 saturated carbocycles. The minimum Gasteiger partial charge on any atom is -0.454 e. The standard InChI is InChI=1S/C17H11F2N3O4S/c18-10-2-3-11(19)12(6-10)20-15(23)7-27-17-22-21-16(26-17)9-1-4-13-14(5-9)25-8-24-13/h1-6H,7-8H2,(H,20,23). The molecule has 0 aliphatic carbocycles. The summed E-state index contributed by atoms with van der Waals surface area (Å²) in [5.74, 6) is -0.550. The fraction of sp³-hybridized carbons (Fsp3) is 0.118. The van der Waals surface area contributed by atoms with E-state index in [9.17, 15) is 13.6 Å². The van der Waals surface area contributed by atoms with E-state index in [0.29, 0.717) is 17.1 Å². The number of nitrogens with one attached hydrogen (secondary N) is 1. The first-order valence-electron chi connectivity index (χ1n) is 7.70. The number of aromatic nitrogens is 2. The van der Waals surface area contributed by atoms with E-state index in [2.05, 4.69) is 15.5 Å². The van der Waals surface area contributed by atoms with Crippen LogP contribution in [0.3, 0.4) is 0 Å². The van der Waals surface area contributed by atoms with E-state index in [0.717, 1.165) is 30.0 Å². The number of carbonyl (C=O) groups is 1. The zero-order chi connectivity index (χ0) is 18.8. The van der Waals surface area contributed by atoms with Gasteiger partial charge in [0, 0.05) is 11.6 Å². The van der Waals surface area contributed by atoms with Crippen LogP contribution in [0, 0.1) is 11.6 Å². The van der Waals surface area contributed by atoms with Gasteiger partial charge in [-0.25, -0.2) is 8.78 Å². The van der Waals surface area contributed by atoms with Gasteiger partial charge in [-0.2, -0.15) is 0 Å². The normalized spacial score (nSPS) is 12.2. The van der Waals surface area contributed by atoms with Gasteiger partial charge >= 0.3 is 0 Å². The van der Waals surface area contributed by atoms with Gasteiger partial charge in [-0.05, 0) is 30.3 Å². The van der Waals surface area contributed by atoms with E-state index in [1.807, 2.05) is 0 Å². The maximum atomic E-state index is 13.5. The van der Waals surface area contributed by atoms with Gasteiger partial charge in [0.25, 0.3) is 5.22 Å². The molecular weight excluding hydrogens is 380 g/mol. The fourth-order valence-electron chi connectivity index (χ4n) is 2.32. The Bertz CT molecular complexity index is 1010. The fourth-order valence-corrected chi connectivity index (χ4v) is 2.88. The van der Waals surface area contributed by atoms with Crippen LogP contribution < -0.4 is 14.8 Å². The predicted octanol–water partition coefficient (Wildman–Crippen LogP) is 3.47. The molecule has 2 heterocycles. The Labute approximate surface area is 155 Å². The molecule has 0 spiro atoms. The highest BCUT2D eigenvalue weighted by Gasteiger charge is 2.17. The lowest BCUT2D eigenvalue weighted by Crippen LogP contribution is -2.15. The number of carbonyl (C=O) groups excluding carboxylic acids is 1. The second-order valence-electron chi connectivity index (χ2n) is 5.40. The number of hydrogen-bond donors (Lipinski definition) is 1. The minimum absolute atomic E-state index is 0.112. The zero-order valence-electron chi connectivity index (χ0n) is 13.6. The van der Waals surface area contributed by atoms with Crippen molar-refractivity contribution >= 4 is 23.4 Å². The average Bonchev–Trinajstić information content (AvgIpc) is 3.31. The van der Waals surface area contributed by atoms with Crippen molar-refractivity contribution in [1.29, 1.82) is 0 Å². The summed E-state index contributed by atoms with van der Waals surface area (Å²) in [6.07, 6.45) is 0. The summed E-state index contributed by atoms with van der Waals surface area (Å²) >= 11 is 0.974. The smallest absolute Gasteiger partial charge is 0.277 e. The number of amides is 1. The van der Waals surface area contributed by atoms with Gasteiger partial charge in [-0.1, -0.05) is 11.8 Å². The van der Waals surface area contributed by atoms with E-state index in [-0.39, 0.29) is 29.3 Å². The summed E-state index contributed by atoms with van der Waals surface area (Å²) in [4.78, 5) is 11.9. The number of ether oxygens (including phenoxy) is 2. The second kappa shape index (κ2) is 7.23. The third kappa shape index (κ3) is 3.85. The van der Waals surface area contributed by atoms with E-state index < -0.39 is 17.5 Å². The third-order valence-electron chi connectivity index (χ3n) is 3.56. The topological polar surface area (TPSA) is 86.5 Å². The van der Waals surface area contributed by atoms with Crippen molar-refractivity contribution in [1.82, 2.24) is 10.2 Å². The number of hydrogen-bond acceptors (Lipinski definition) is 7. The lowest BCUT2D eigenvalue weighted by atomic mass is 10.2. The second-order valence-corrected chi connectivity index (χ2v) is 6.33. The first-order valence-corrected chi connectivity index (χ1v) is 8.68. The zero-order valence-corrected chi connectivity index (χ0v) is 14.4. The van der Waals surface area contributed by atoms with E-state index in [4.69, 9.17) is 13.9 Å². The first kappa shape index (κ1) is 17.3. The predicted molar refractivity (Wildman–Crippen MR) is 91.6 cm³/mol. The highest BCUT2D eigenvalue weighted by atomic mass is 32.2. The minimum atomic E-state index is -0.724. The Kier molecular flexibility index (Phi) is 4.63. The van der Waals surface area contributed by atoms with Crippen molar-refractivity contribution in [3.8, 4) is 23.0 Å². The summed E-state index contributed by atoms with van der Waals surface area (Å²) in [5.41, 5.74) is 0.414. The molecule has 4 rings (SSSR count). The Hall–Kier alpha value is -3.14. The monoisotopic (exact) mass is 391 g/mol. The van der Waals surface area contributed by atoms with Gasteiger partial charge in [0.05, 0.1) is 11.4 Å². The molecule has 0 atom stereocenters. The van der Waals surface area contributed by atoms with Crippen molar-refractivity contribution in [3.05, 3.63) is 48.0 Å². The third-order valence-corrected chi connectivity index (χ3v) is 4.37. The van der Waals surface area contributed by atoms with Crippen LogP contribution in [0.5, 0.6) is 11.5 Å². The highest BCUT2D eigenvalue weighted by molar-refractivity contribution is 7.99. The first-order chi connectivity index (χ1) is 13.1. The molecule has 1 N–H and O–H groups in total. The summed E-state index contributed by atoms with van der Waals surface area (Å²) in [6, 6.07) is 8.00. The van der Waals surface area contributed by atoms with Crippen LogP contribution in [0.4, 0.5) is 14.5 Å². The molecule has 0 fully saturated rings. The molecule has 0 radical (unpaired) electrons. The van der Waals surface area contributed by atoms with Gasteiger partial charge in [0.15, 0.2) is 11.5 Å². The molecule has 2 aromatic carbocycles. The lowest BCUT2D eigenvalue weighted by molar-refractivity contribution is -0.113. The number of nitrogens with zero attached hydrogens (tertiary/aromatic N) is 2. The molecule has 7 nitrogen and oxygen atoms in total. The number of halogens is 2. The molecule has 1 aliphatic rings. The van der Waals surface area contributed by atoms with Crippen LogP contribution in [-0.4, -0.2) is 28.7 Å². The molecule has 0 saturated heterocycles. The summed E-state index contributed by atoms with van der Waals surface area (Å²) < 4.78 is 42.7. The van der Waals surface area contributed by atoms with Gasteiger partial charge in [0.2, 0.25) is 18.6 Å². The summed E-state index contributed by atoms with van der Waals surface area (Å²) in [5, 5.41) is 10.2. The SMILES string of the molecule is O=C(CSc1nnc(-c2ccc3c(c2)OCO3)o1)Nc1cc(F)ccc1F. The van der Waals surface area contributed by atoms with Crippen molar-refractivity contribution in [2.75, 3.05) is 17.9 Å². The number of benzene rings is 2. The quantitative estimate of drug-likeness (QED) is 0.667. The van der Waals surface area contributed by atoms with Crippen molar-refractivity contribution < 1.29 is 27.5 Å². The van der Waals surface area contributed by atoms with Crippen LogP contribution in [0.2, 0.25) is 0 Å². The van der Waals surface area contributed by atoms with Crippen molar-refractivity contribution in [2.24, 2.45) is 0 Å². The molecule has 10 heteroatoms. The summed E-state index contributed by atoms with van der Waals surface area (Å²) in [7, 11) is 0. The maximum Gasteiger partial charge on any atom is 0.277 e. The van der Waals surface area contributed by atoms with E-state index in [1.165, 1.54) is 0 Å². The maximum absolute atomic E-state index is 13.5. The molecule has 0 unspecified atom stereocenters. The molecule has 3 aromatic rings. The van der Waals surface area contributed by atoms with E-state index >= 15 is 0 Å². The lowest BCUT2D eigenvalue weighted by Gasteiger charge is -2.05. The molecule has 1 aromatic heterocycles. The van der Waals surface area contributed by atoms with Crippen LogP contribution in [-0.2, 0) is 4.79 Å². The van der Waals surface area contributed by atoms with Crippen molar-refractivity contribution in [2.45, 2.75) is 5.22 Å². The van der Waals surface area contributed by atoms with Crippen molar-refractivity contribution in [3.63, 3.8) is 0 Å². The van der Waals surface area contributed by atoms with Crippen LogP contribution in [0.15, 0.2) is 46.0 Å². The Morgan fingerprint density at radius 3 is 2.85 bits per heavy atom. The number of thioether (sulfide) groups is 1. The average molecular weight is 391 g/mol. The largest absolute Gasteiger partial charge is 0.454 e. The summed E-state index contributed by atoms with van der Waals surface area (Å²) in [6.45, 7) is 0.157. The van der Waals surface area contributed by atoms with Gasteiger partial charge in [-0.15, -0.1) is 10.2 Å². The van der Waals surface area contributed by atoms with Crippen LogP contribution >= 0.6 is 11.8 Å². The highest BCUT2D eigenvalue weighted by Crippen LogP contribution is 2.36. The van der Waals surface area contributed by atoms with Gasteiger partial charge in [-0.3, -0.25) is 4.79 Å². The van der Waals surface area contributed by atoms with Gasteiger partial charge < -0.3 is 19.2 Å². The molecule has 0 bridgehead atoms. The Morgan fingerprint density at radius 2 is 1.96 bits per heavy atom. The molecule has 1 amide bonds. The van der Waals surface area contributed by atoms with Gasteiger partial charge in [0.1, 0.15) is 11.6 Å². The Balaban J connectivity index is 1.38. The Morgan fingerprint density at radius 1 is 1.11 bits per heavy atom. The van der Waals surface area contributed by atoms with E-state index in [1.54, 1.807) is 18.2 Å². The molecule has 27 heavy (non-hydrogen) atoms. The molecular formula is C17H11F2N3O4S. The van der Waals surface area contributed by atoms with Crippen LogP contribution in [0.1, 0.15) is 0 Å².